The van der Waals surface area contributed by atoms with Crippen LogP contribution in [0.15, 0.2) is 40.9 Å². The molecule has 0 saturated heterocycles. The Hall–Kier alpha value is -1.03. The summed E-state index contributed by atoms with van der Waals surface area (Å²) in [5.74, 6) is 0.890. The summed E-state index contributed by atoms with van der Waals surface area (Å²) in [5.41, 5.74) is 3.33. The maximum Gasteiger partial charge on any atom is 0.124 e. The van der Waals surface area contributed by atoms with E-state index in [9.17, 15) is 0 Å². The average Bonchev–Trinajstić information content (AvgIpc) is 2.45. The van der Waals surface area contributed by atoms with Crippen LogP contribution in [0.4, 0.5) is 0 Å². The third-order valence-electron chi connectivity index (χ3n) is 3.34. The minimum atomic E-state index is -0.00736. The Labute approximate surface area is 139 Å². The van der Waals surface area contributed by atoms with Crippen molar-refractivity contribution in [1.82, 2.24) is 5.32 Å². The zero-order chi connectivity index (χ0) is 15.4. The summed E-state index contributed by atoms with van der Waals surface area (Å²) in [7, 11) is 1.93. The van der Waals surface area contributed by atoms with Crippen LogP contribution in [0.2, 0.25) is 5.02 Å². The molecule has 0 fully saturated rings. The van der Waals surface area contributed by atoms with Crippen molar-refractivity contribution in [3.05, 3.63) is 62.6 Å². The number of ether oxygens (including phenoxy) is 1. The molecule has 21 heavy (non-hydrogen) atoms. The highest BCUT2D eigenvalue weighted by Crippen LogP contribution is 2.35. The molecule has 0 heterocycles. The van der Waals surface area contributed by atoms with Gasteiger partial charge in [0.25, 0.3) is 0 Å². The molecule has 0 aliphatic rings. The first kappa shape index (κ1) is 16.3. The lowest BCUT2D eigenvalue weighted by Gasteiger charge is -2.22. The van der Waals surface area contributed by atoms with Gasteiger partial charge in [-0.15, -0.1) is 0 Å². The third kappa shape index (κ3) is 3.79. The maximum absolute atomic E-state index is 6.41. The molecular formula is C17H19BrClNO. The second kappa shape index (κ2) is 7.30. The number of rotatable bonds is 5. The van der Waals surface area contributed by atoms with Gasteiger partial charge >= 0.3 is 0 Å². The minimum Gasteiger partial charge on any atom is -0.494 e. The van der Waals surface area contributed by atoms with Crippen LogP contribution in [0.1, 0.15) is 29.7 Å². The Bertz CT molecular complexity index is 630. The second-order valence-electron chi connectivity index (χ2n) is 4.86. The predicted octanol–water partition coefficient (Wildman–Crippen LogP) is 5.12. The molecule has 1 unspecified atom stereocenters. The van der Waals surface area contributed by atoms with Gasteiger partial charge in [-0.2, -0.15) is 0 Å². The highest BCUT2D eigenvalue weighted by molar-refractivity contribution is 9.10. The normalized spacial score (nSPS) is 12.2. The highest BCUT2D eigenvalue weighted by atomic mass is 79.9. The standard InChI is InChI=1S/C17H19BrClNO/c1-4-21-16-8-5-11(2)9-14(16)17(20-3)13-7-6-12(18)10-15(13)19/h5-10,17,20H,4H2,1-3H3. The topological polar surface area (TPSA) is 21.3 Å². The van der Waals surface area contributed by atoms with Gasteiger partial charge in [0.1, 0.15) is 5.75 Å². The lowest BCUT2D eigenvalue weighted by molar-refractivity contribution is 0.334. The van der Waals surface area contributed by atoms with E-state index < -0.39 is 0 Å². The third-order valence-corrected chi connectivity index (χ3v) is 4.16. The van der Waals surface area contributed by atoms with Crippen LogP contribution in [-0.2, 0) is 0 Å². The Morgan fingerprint density at radius 2 is 1.95 bits per heavy atom. The van der Waals surface area contributed by atoms with E-state index >= 15 is 0 Å². The van der Waals surface area contributed by atoms with E-state index in [1.54, 1.807) is 0 Å². The molecule has 2 aromatic carbocycles. The second-order valence-corrected chi connectivity index (χ2v) is 6.18. The largest absolute Gasteiger partial charge is 0.494 e. The Kier molecular flexibility index (Phi) is 5.68. The summed E-state index contributed by atoms with van der Waals surface area (Å²) in [6, 6.07) is 12.2. The van der Waals surface area contributed by atoms with Gasteiger partial charge in [0, 0.05) is 15.1 Å². The minimum absolute atomic E-state index is 0.00736. The van der Waals surface area contributed by atoms with Crippen molar-refractivity contribution in [1.29, 1.82) is 0 Å². The van der Waals surface area contributed by atoms with E-state index in [0.717, 1.165) is 26.4 Å². The van der Waals surface area contributed by atoms with E-state index in [2.05, 4.69) is 40.3 Å². The molecule has 0 amide bonds. The number of hydrogen-bond acceptors (Lipinski definition) is 2. The van der Waals surface area contributed by atoms with Gasteiger partial charge in [-0.1, -0.05) is 51.3 Å². The number of nitrogens with one attached hydrogen (secondary N) is 1. The molecule has 0 saturated carbocycles. The molecule has 0 spiro atoms. The Morgan fingerprint density at radius 1 is 1.19 bits per heavy atom. The monoisotopic (exact) mass is 367 g/mol. The van der Waals surface area contributed by atoms with E-state index in [1.165, 1.54) is 5.56 Å². The summed E-state index contributed by atoms with van der Waals surface area (Å²) in [6.07, 6.45) is 0. The highest BCUT2D eigenvalue weighted by Gasteiger charge is 2.19. The van der Waals surface area contributed by atoms with Crippen LogP contribution in [0, 0.1) is 6.92 Å². The van der Waals surface area contributed by atoms with Crippen molar-refractivity contribution in [2.24, 2.45) is 0 Å². The van der Waals surface area contributed by atoms with Crippen LogP contribution >= 0.6 is 27.5 Å². The quantitative estimate of drug-likeness (QED) is 0.791. The predicted molar refractivity (Wildman–Crippen MR) is 92.4 cm³/mol. The molecule has 2 aromatic rings. The first-order valence-electron chi connectivity index (χ1n) is 6.92. The van der Waals surface area contributed by atoms with E-state index in [-0.39, 0.29) is 6.04 Å². The van der Waals surface area contributed by atoms with Gasteiger partial charge < -0.3 is 10.1 Å². The van der Waals surface area contributed by atoms with Crippen LogP contribution in [-0.4, -0.2) is 13.7 Å². The van der Waals surface area contributed by atoms with Crippen molar-refractivity contribution in [3.63, 3.8) is 0 Å². The number of benzene rings is 2. The smallest absolute Gasteiger partial charge is 0.124 e. The van der Waals surface area contributed by atoms with Crippen LogP contribution < -0.4 is 10.1 Å². The fraction of sp³-hybridized carbons (Fsp3) is 0.294. The van der Waals surface area contributed by atoms with Crippen molar-refractivity contribution < 1.29 is 4.74 Å². The van der Waals surface area contributed by atoms with E-state index in [4.69, 9.17) is 16.3 Å². The fourth-order valence-corrected chi connectivity index (χ4v) is 3.18. The van der Waals surface area contributed by atoms with Crippen molar-refractivity contribution in [2.75, 3.05) is 13.7 Å². The molecule has 0 aromatic heterocycles. The van der Waals surface area contributed by atoms with Gasteiger partial charge in [0.05, 0.1) is 12.6 Å². The number of hydrogen-bond donors (Lipinski definition) is 1. The van der Waals surface area contributed by atoms with Gasteiger partial charge in [-0.25, -0.2) is 0 Å². The molecule has 2 rings (SSSR count). The van der Waals surface area contributed by atoms with Gasteiger partial charge in [0.2, 0.25) is 0 Å². The Balaban J connectivity index is 2.52. The molecule has 0 bridgehead atoms. The molecule has 0 radical (unpaired) electrons. The van der Waals surface area contributed by atoms with Gasteiger partial charge in [-0.3, -0.25) is 0 Å². The van der Waals surface area contributed by atoms with Crippen molar-refractivity contribution >= 4 is 27.5 Å². The first-order chi connectivity index (χ1) is 10.1. The lowest BCUT2D eigenvalue weighted by Crippen LogP contribution is -2.19. The van der Waals surface area contributed by atoms with Gasteiger partial charge in [0.15, 0.2) is 0 Å². The van der Waals surface area contributed by atoms with Gasteiger partial charge in [-0.05, 0) is 44.7 Å². The summed E-state index contributed by atoms with van der Waals surface area (Å²) in [5, 5.41) is 4.07. The molecule has 1 atom stereocenters. The summed E-state index contributed by atoms with van der Waals surface area (Å²) >= 11 is 9.86. The zero-order valence-electron chi connectivity index (χ0n) is 12.4. The first-order valence-corrected chi connectivity index (χ1v) is 8.09. The van der Waals surface area contributed by atoms with Crippen molar-refractivity contribution in [2.45, 2.75) is 19.9 Å². The SMILES string of the molecule is CCOc1ccc(C)cc1C(NC)c1ccc(Br)cc1Cl. The molecule has 1 N–H and O–H groups in total. The molecular weight excluding hydrogens is 350 g/mol. The molecule has 112 valence electrons. The number of halogens is 2. The molecule has 0 aliphatic heterocycles. The Morgan fingerprint density at radius 3 is 2.57 bits per heavy atom. The van der Waals surface area contributed by atoms with Crippen LogP contribution in [0.3, 0.4) is 0 Å². The summed E-state index contributed by atoms with van der Waals surface area (Å²) in [4.78, 5) is 0. The lowest BCUT2D eigenvalue weighted by atomic mass is 9.96. The zero-order valence-corrected chi connectivity index (χ0v) is 14.8. The van der Waals surface area contributed by atoms with Crippen molar-refractivity contribution in [3.8, 4) is 5.75 Å². The van der Waals surface area contributed by atoms with Crippen LogP contribution in [0.25, 0.3) is 0 Å². The number of aryl methyl sites for hydroxylation is 1. The fourth-order valence-electron chi connectivity index (χ4n) is 2.39. The molecule has 0 aliphatic carbocycles. The van der Waals surface area contributed by atoms with E-state index in [1.807, 2.05) is 38.2 Å². The molecule has 2 nitrogen and oxygen atoms in total. The maximum atomic E-state index is 6.41. The summed E-state index contributed by atoms with van der Waals surface area (Å²) in [6.45, 7) is 4.71. The van der Waals surface area contributed by atoms with E-state index in [0.29, 0.717) is 6.61 Å². The summed E-state index contributed by atoms with van der Waals surface area (Å²) < 4.78 is 6.74. The molecule has 4 heteroatoms. The average molecular weight is 369 g/mol. The van der Waals surface area contributed by atoms with Crippen LogP contribution in [0.5, 0.6) is 5.75 Å².